The molecule has 23 heavy (non-hydrogen) atoms. The van der Waals surface area contributed by atoms with Gasteiger partial charge in [-0.25, -0.2) is 13.1 Å². The molecular weight excluding hydrogens is 320 g/mol. The van der Waals surface area contributed by atoms with Crippen molar-refractivity contribution in [1.29, 1.82) is 0 Å². The molecule has 0 heterocycles. The molecule has 128 valence electrons. The topological polar surface area (TPSA) is 113 Å². The van der Waals surface area contributed by atoms with Crippen LogP contribution in [0.3, 0.4) is 0 Å². The van der Waals surface area contributed by atoms with Gasteiger partial charge in [0.2, 0.25) is 10.0 Å². The van der Waals surface area contributed by atoms with Gasteiger partial charge in [-0.1, -0.05) is 13.8 Å². The summed E-state index contributed by atoms with van der Waals surface area (Å²) in [6.45, 7) is 3.55. The van der Waals surface area contributed by atoms with Crippen molar-refractivity contribution in [3.8, 4) is 0 Å². The summed E-state index contributed by atoms with van der Waals surface area (Å²) in [5.41, 5.74) is -0.725. The van der Waals surface area contributed by atoms with E-state index in [2.05, 4.69) is 10.0 Å². The second kappa shape index (κ2) is 7.56. The number of hydrogen-bond acceptors (Lipinski definition) is 4. The van der Waals surface area contributed by atoms with Gasteiger partial charge in [0, 0.05) is 12.1 Å². The first-order chi connectivity index (χ1) is 10.7. The van der Waals surface area contributed by atoms with Crippen LogP contribution >= 0.6 is 0 Å². The number of hydrogen-bond donors (Lipinski definition) is 3. The normalized spacial score (nSPS) is 12.0. The Bertz CT molecular complexity index is 664. The van der Waals surface area contributed by atoms with Gasteiger partial charge < -0.3 is 10.4 Å². The smallest absolute Gasteiger partial charge is 0.311 e. The Morgan fingerprint density at radius 2 is 1.65 bits per heavy atom. The van der Waals surface area contributed by atoms with Crippen molar-refractivity contribution in [2.75, 3.05) is 13.6 Å². The zero-order valence-electron chi connectivity index (χ0n) is 13.4. The van der Waals surface area contributed by atoms with Crippen LogP contribution in [0.2, 0.25) is 0 Å². The maximum Gasteiger partial charge on any atom is 0.311 e. The molecule has 0 aliphatic carbocycles. The van der Waals surface area contributed by atoms with E-state index >= 15 is 0 Å². The van der Waals surface area contributed by atoms with Crippen molar-refractivity contribution in [3.05, 3.63) is 29.8 Å². The Hall–Kier alpha value is -1.93. The maximum atomic E-state index is 12.1. The van der Waals surface area contributed by atoms with E-state index in [1.165, 1.54) is 31.3 Å². The van der Waals surface area contributed by atoms with Crippen molar-refractivity contribution in [3.63, 3.8) is 0 Å². The third kappa shape index (κ3) is 4.29. The van der Waals surface area contributed by atoms with Crippen LogP contribution in [0, 0.1) is 5.41 Å². The highest BCUT2D eigenvalue weighted by Gasteiger charge is 2.35. The van der Waals surface area contributed by atoms with E-state index in [1.807, 2.05) is 0 Å². The van der Waals surface area contributed by atoms with Crippen LogP contribution < -0.4 is 10.0 Å². The summed E-state index contributed by atoms with van der Waals surface area (Å²) in [5.74, 6) is -1.39. The van der Waals surface area contributed by atoms with E-state index in [0.717, 1.165) is 0 Å². The summed E-state index contributed by atoms with van der Waals surface area (Å²) in [6, 6.07) is 5.43. The van der Waals surface area contributed by atoms with Crippen LogP contribution in [0.15, 0.2) is 29.2 Å². The summed E-state index contributed by atoms with van der Waals surface area (Å²) in [5, 5.41) is 11.9. The monoisotopic (exact) mass is 342 g/mol. The lowest BCUT2D eigenvalue weighted by atomic mass is 9.82. The average Bonchev–Trinajstić information content (AvgIpc) is 2.55. The highest BCUT2D eigenvalue weighted by molar-refractivity contribution is 7.89. The van der Waals surface area contributed by atoms with Crippen LogP contribution in [0.4, 0.5) is 0 Å². The number of sulfonamides is 1. The lowest BCUT2D eigenvalue weighted by Gasteiger charge is -2.26. The molecule has 8 heteroatoms. The van der Waals surface area contributed by atoms with Crippen molar-refractivity contribution in [2.45, 2.75) is 31.6 Å². The fourth-order valence-electron chi connectivity index (χ4n) is 2.13. The van der Waals surface area contributed by atoms with Gasteiger partial charge >= 0.3 is 5.97 Å². The molecule has 1 aromatic rings. The molecule has 0 fully saturated rings. The van der Waals surface area contributed by atoms with Crippen LogP contribution in [-0.4, -0.2) is 39.0 Å². The third-order valence-corrected chi connectivity index (χ3v) is 5.52. The molecule has 1 amide bonds. The SMILES string of the molecule is CCC(CC)(CNC(=O)c1ccc(S(=O)(=O)NC)cc1)C(=O)O. The lowest BCUT2D eigenvalue weighted by molar-refractivity contribution is -0.149. The van der Waals surface area contributed by atoms with Crippen molar-refractivity contribution >= 4 is 21.9 Å². The van der Waals surface area contributed by atoms with E-state index in [4.69, 9.17) is 0 Å². The van der Waals surface area contributed by atoms with Crippen LogP contribution in [0.25, 0.3) is 0 Å². The molecule has 0 saturated heterocycles. The number of carboxylic acid groups (broad SMARTS) is 1. The van der Waals surface area contributed by atoms with Gasteiger partial charge in [-0.15, -0.1) is 0 Å². The fraction of sp³-hybridized carbons (Fsp3) is 0.467. The molecule has 0 aliphatic heterocycles. The Morgan fingerprint density at radius 3 is 2.04 bits per heavy atom. The summed E-state index contributed by atoms with van der Waals surface area (Å²) in [4.78, 5) is 23.6. The van der Waals surface area contributed by atoms with Gasteiger partial charge in [0.1, 0.15) is 0 Å². The van der Waals surface area contributed by atoms with Crippen LogP contribution in [-0.2, 0) is 14.8 Å². The third-order valence-electron chi connectivity index (χ3n) is 4.09. The number of amides is 1. The lowest BCUT2D eigenvalue weighted by Crippen LogP contribution is -2.42. The summed E-state index contributed by atoms with van der Waals surface area (Å²) < 4.78 is 25.4. The van der Waals surface area contributed by atoms with E-state index in [-0.39, 0.29) is 17.0 Å². The first-order valence-corrected chi connectivity index (χ1v) is 8.76. The Kier molecular flexibility index (Phi) is 6.28. The van der Waals surface area contributed by atoms with E-state index in [1.54, 1.807) is 13.8 Å². The fourth-order valence-corrected chi connectivity index (χ4v) is 2.86. The number of carboxylic acids is 1. The molecule has 1 rings (SSSR count). The summed E-state index contributed by atoms with van der Waals surface area (Å²) in [7, 11) is -2.25. The van der Waals surface area contributed by atoms with Gasteiger partial charge in [-0.05, 0) is 44.2 Å². The number of nitrogens with one attached hydrogen (secondary N) is 2. The maximum absolute atomic E-state index is 12.1. The Labute approximate surface area is 136 Å². The quantitative estimate of drug-likeness (QED) is 0.657. The number of carbonyl (C=O) groups excluding carboxylic acids is 1. The van der Waals surface area contributed by atoms with Gasteiger partial charge in [-0.3, -0.25) is 9.59 Å². The number of benzene rings is 1. The van der Waals surface area contributed by atoms with Gasteiger partial charge in [0.15, 0.2) is 0 Å². The largest absolute Gasteiger partial charge is 0.481 e. The van der Waals surface area contributed by atoms with Crippen molar-refractivity contribution < 1.29 is 23.1 Å². The highest BCUT2D eigenvalue weighted by atomic mass is 32.2. The second-order valence-corrected chi connectivity index (χ2v) is 7.09. The standard InChI is InChI=1S/C15H22N2O5S/c1-4-15(5-2,14(19)20)10-17-13(18)11-6-8-12(9-7-11)23(21,22)16-3/h6-9,16H,4-5,10H2,1-3H3,(H,17,18)(H,19,20). The Morgan fingerprint density at radius 1 is 1.13 bits per heavy atom. The van der Waals surface area contributed by atoms with E-state index in [9.17, 15) is 23.1 Å². The zero-order chi connectivity index (χ0) is 17.7. The van der Waals surface area contributed by atoms with E-state index in [0.29, 0.717) is 12.8 Å². The zero-order valence-corrected chi connectivity index (χ0v) is 14.2. The summed E-state index contributed by atoms with van der Waals surface area (Å²) >= 11 is 0. The average molecular weight is 342 g/mol. The minimum Gasteiger partial charge on any atom is -0.481 e. The number of aliphatic carboxylic acids is 1. The molecule has 0 unspecified atom stereocenters. The van der Waals surface area contributed by atoms with Crippen LogP contribution in [0.5, 0.6) is 0 Å². The number of rotatable bonds is 8. The molecule has 0 saturated carbocycles. The van der Waals surface area contributed by atoms with Gasteiger partial charge in [0.25, 0.3) is 5.91 Å². The minimum atomic E-state index is -3.55. The molecular formula is C15H22N2O5S. The molecule has 0 aromatic heterocycles. The predicted molar refractivity (Wildman–Crippen MR) is 85.7 cm³/mol. The van der Waals surface area contributed by atoms with E-state index < -0.39 is 27.3 Å². The summed E-state index contributed by atoms with van der Waals surface area (Å²) in [6.07, 6.45) is 0.803. The molecule has 0 bridgehead atoms. The van der Waals surface area contributed by atoms with Gasteiger partial charge in [-0.2, -0.15) is 0 Å². The predicted octanol–water partition coefficient (Wildman–Crippen LogP) is 1.22. The molecule has 0 spiro atoms. The Balaban J connectivity index is 2.85. The van der Waals surface area contributed by atoms with Crippen LogP contribution in [0.1, 0.15) is 37.0 Å². The molecule has 0 aliphatic rings. The molecule has 0 radical (unpaired) electrons. The van der Waals surface area contributed by atoms with Crippen molar-refractivity contribution in [2.24, 2.45) is 5.41 Å². The highest BCUT2D eigenvalue weighted by Crippen LogP contribution is 2.25. The molecule has 3 N–H and O–H groups in total. The second-order valence-electron chi connectivity index (χ2n) is 5.21. The first-order valence-electron chi connectivity index (χ1n) is 7.27. The first kappa shape index (κ1) is 19.1. The molecule has 0 atom stereocenters. The molecule has 7 nitrogen and oxygen atoms in total. The molecule has 1 aromatic carbocycles. The number of carbonyl (C=O) groups is 2. The minimum absolute atomic E-state index is 0.0186. The van der Waals surface area contributed by atoms with Gasteiger partial charge in [0.05, 0.1) is 10.3 Å². The van der Waals surface area contributed by atoms with Crippen molar-refractivity contribution in [1.82, 2.24) is 10.0 Å².